The van der Waals surface area contributed by atoms with E-state index in [0.29, 0.717) is 29.1 Å². The summed E-state index contributed by atoms with van der Waals surface area (Å²) in [6.07, 6.45) is 4.17. The Kier molecular flexibility index (Phi) is 7.55. The Morgan fingerprint density at radius 1 is 1.48 bits per heavy atom. The van der Waals surface area contributed by atoms with Crippen LogP contribution in [0.3, 0.4) is 0 Å². The van der Waals surface area contributed by atoms with Crippen LogP contribution in [-0.2, 0) is 11.3 Å². The van der Waals surface area contributed by atoms with Gasteiger partial charge in [-0.1, -0.05) is 17.7 Å². The molecule has 1 saturated heterocycles. The smallest absolute Gasteiger partial charge is 0.255 e. The molecule has 1 aliphatic rings. The third-order valence-electron chi connectivity index (χ3n) is 4.22. The molecule has 1 aromatic rings. The van der Waals surface area contributed by atoms with Gasteiger partial charge in [-0.05, 0) is 43.6 Å². The number of hydrogen-bond donors (Lipinski definition) is 2. The number of nitrogens with two attached hydrogens (primary N) is 1. The predicted molar refractivity (Wildman–Crippen MR) is 99.2 cm³/mol. The van der Waals surface area contributed by atoms with Crippen molar-refractivity contribution in [2.45, 2.75) is 25.4 Å². The number of hydrogen-bond acceptors (Lipinski definition) is 5. The summed E-state index contributed by atoms with van der Waals surface area (Å²) in [5, 5.41) is 3.97. The molecule has 25 heavy (non-hydrogen) atoms. The van der Waals surface area contributed by atoms with Crippen molar-refractivity contribution < 1.29 is 14.3 Å². The van der Waals surface area contributed by atoms with E-state index in [0.717, 1.165) is 38.0 Å². The summed E-state index contributed by atoms with van der Waals surface area (Å²) in [5.41, 5.74) is 6.11. The molecule has 1 fully saturated rings. The number of carbonyl (C=O) groups excluding carboxylic acids is 1. The van der Waals surface area contributed by atoms with Gasteiger partial charge in [0.15, 0.2) is 18.1 Å². The van der Waals surface area contributed by atoms with Crippen molar-refractivity contribution >= 4 is 17.5 Å². The zero-order chi connectivity index (χ0) is 18.2. The van der Waals surface area contributed by atoms with E-state index in [-0.39, 0.29) is 6.61 Å². The molecule has 1 aliphatic heterocycles. The molecule has 3 N–H and O–H groups in total. The Hall–Kier alpha value is -1.76. The predicted octanol–water partition coefficient (Wildman–Crippen LogP) is 1.95. The molecule has 6 nitrogen and oxygen atoms in total. The fourth-order valence-corrected chi connectivity index (χ4v) is 3.21. The van der Waals surface area contributed by atoms with Gasteiger partial charge in [0, 0.05) is 19.1 Å². The molecule has 1 heterocycles. The molecule has 0 saturated carbocycles. The van der Waals surface area contributed by atoms with Crippen LogP contribution in [0.4, 0.5) is 0 Å². The highest BCUT2D eigenvalue weighted by Crippen LogP contribution is 2.36. The minimum absolute atomic E-state index is 0.239. The van der Waals surface area contributed by atoms with E-state index in [4.69, 9.17) is 26.8 Å². The lowest BCUT2D eigenvalue weighted by Crippen LogP contribution is -2.42. The second-order valence-electron chi connectivity index (χ2n) is 6.11. The molecular weight excluding hydrogens is 342 g/mol. The second-order valence-corrected chi connectivity index (χ2v) is 6.52. The molecule has 0 aliphatic carbocycles. The largest absolute Gasteiger partial charge is 0.493 e. The third kappa shape index (κ3) is 5.92. The van der Waals surface area contributed by atoms with Gasteiger partial charge in [0.05, 0.1) is 12.1 Å². The molecule has 0 aromatic heterocycles. The number of primary amides is 1. The Bertz CT molecular complexity index is 601. The Balaban J connectivity index is 1.93. The number of benzene rings is 1. The lowest BCUT2D eigenvalue weighted by atomic mass is 10.0. The minimum atomic E-state index is -0.563. The van der Waals surface area contributed by atoms with Crippen LogP contribution in [0.5, 0.6) is 11.5 Å². The van der Waals surface area contributed by atoms with Crippen LogP contribution in [0.2, 0.25) is 5.02 Å². The minimum Gasteiger partial charge on any atom is -0.493 e. The quantitative estimate of drug-likeness (QED) is 0.652. The van der Waals surface area contributed by atoms with Crippen LogP contribution in [0.25, 0.3) is 0 Å². The number of piperidine rings is 1. The molecule has 2 rings (SSSR count). The SMILES string of the molecule is C=CCN1CCC(NCc2cc(Cl)c(OCC(N)=O)c(OC)c2)CC1. The van der Waals surface area contributed by atoms with E-state index in [9.17, 15) is 4.79 Å². The first-order valence-corrected chi connectivity index (χ1v) is 8.75. The van der Waals surface area contributed by atoms with Crippen LogP contribution < -0.4 is 20.5 Å². The van der Waals surface area contributed by atoms with Crippen LogP contribution >= 0.6 is 11.6 Å². The molecule has 1 amide bonds. The molecule has 7 heteroatoms. The maximum atomic E-state index is 10.9. The Morgan fingerprint density at radius 2 is 2.20 bits per heavy atom. The van der Waals surface area contributed by atoms with Crippen LogP contribution in [0.15, 0.2) is 24.8 Å². The summed E-state index contributed by atoms with van der Waals surface area (Å²) in [4.78, 5) is 13.3. The summed E-state index contributed by atoms with van der Waals surface area (Å²) in [6, 6.07) is 4.17. The van der Waals surface area contributed by atoms with E-state index >= 15 is 0 Å². The number of methoxy groups -OCH3 is 1. The average Bonchev–Trinajstić information content (AvgIpc) is 2.59. The number of halogens is 1. The van der Waals surface area contributed by atoms with Crippen molar-refractivity contribution in [1.82, 2.24) is 10.2 Å². The topological polar surface area (TPSA) is 76.8 Å². The van der Waals surface area contributed by atoms with Crippen molar-refractivity contribution in [3.63, 3.8) is 0 Å². The van der Waals surface area contributed by atoms with Crippen LogP contribution in [0, 0.1) is 0 Å². The number of likely N-dealkylation sites (tertiary alicyclic amines) is 1. The number of amides is 1. The molecule has 0 unspecified atom stereocenters. The molecular formula is C18H26ClN3O3. The van der Waals surface area contributed by atoms with Gasteiger partial charge in [-0.25, -0.2) is 0 Å². The molecule has 0 spiro atoms. The fraction of sp³-hybridized carbons (Fsp3) is 0.500. The summed E-state index contributed by atoms with van der Waals surface area (Å²) in [6.45, 7) is 7.35. The maximum Gasteiger partial charge on any atom is 0.255 e. The van der Waals surface area contributed by atoms with Gasteiger partial charge in [-0.15, -0.1) is 6.58 Å². The second kappa shape index (κ2) is 9.65. The normalized spacial score (nSPS) is 15.8. The van der Waals surface area contributed by atoms with Crippen molar-refractivity contribution in [1.29, 1.82) is 0 Å². The molecule has 0 atom stereocenters. The number of nitrogens with one attached hydrogen (secondary N) is 1. The average molecular weight is 368 g/mol. The van der Waals surface area contributed by atoms with E-state index in [1.54, 1.807) is 0 Å². The first-order chi connectivity index (χ1) is 12.0. The third-order valence-corrected chi connectivity index (χ3v) is 4.50. The number of rotatable bonds is 9. The highest BCUT2D eigenvalue weighted by Gasteiger charge is 2.18. The fourth-order valence-electron chi connectivity index (χ4n) is 2.92. The summed E-state index contributed by atoms with van der Waals surface area (Å²) in [5.74, 6) is 0.266. The standard InChI is InChI=1S/C18H26ClN3O3/c1-3-6-22-7-4-14(5-8-22)21-11-13-9-15(19)18(16(10-13)24-2)25-12-17(20)23/h3,9-10,14,21H,1,4-8,11-12H2,2H3,(H2,20,23). The molecule has 0 radical (unpaired) electrons. The molecule has 138 valence electrons. The summed E-state index contributed by atoms with van der Waals surface area (Å²) in [7, 11) is 1.54. The van der Waals surface area contributed by atoms with Gasteiger partial charge in [0.1, 0.15) is 0 Å². The lowest BCUT2D eigenvalue weighted by Gasteiger charge is -2.31. The Morgan fingerprint density at radius 3 is 2.80 bits per heavy atom. The highest BCUT2D eigenvalue weighted by atomic mass is 35.5. The summed E-state index contributed by atoms with van der Waals surface area (Å²) >= 11 is 6.27. The van der Waals surface area contributed by atoms with E-state index < -0.39 is 5.91 Å². The molecule has 1 aromatic carbocycles. The van der Waals surface area contributed by atoms with Crippen molar-refractivity contribution in [2.75, 3.05) is 33.4 Å². The van der Waals surface area contributed by atoms with Crippen LogP contribution in [0.1, 0.15) is 18.4 Å². The number of nitrogens with zero attached hydrogens (tertiary/aromatic N) is 1. The van der Waals surface area contributed by atoms with Crippen molar-refractivity contribution in [3.05, 3.63) is 35.4 Å². The first-order valence-electron chi connectivity index (χ1n) is 8.37. The van der Waals surface area contributed by atoms with Gasteiger partial charge < -0.3 is 20.5 Å². The first kappa shape index (κ1) is 19.6. The molecule has 0 bridgehead atoms. The highest BCUT2D eigenvalue weighted by molar-refractivity contribution is 6.32. The summed E-state index contributed by atoms with van der Waals surface area (Å²) < 4.78 is 10.7. The number of ether oxygens (including phenoxy) is 2. The Labute approximate surface area is 153 Å². The van der Waals surface area contributed by atoms with Crippen LogP contribution in [-0.4, -0.2) is 50.2 Å². The lowest BCUT2D eigenvalue weighted by molar-refractivity contribution is -0.119. The van der Waals surface area contributed by atoms with Crippen molar-refractivity contribution in [3.8, 4) is 11.5 Å². The van der Waals surface area contributed by atoms with E-state index in [1.165, 1.54) is 7.11 Å². The van der Waals surface area contributed by atoms with E-state index in [1.807, 2.05) is 18.2 Å². The van der Waals surface area contributed by atoms with Crippen molar-refractivity contribution in [2.24, 2.45) is 5.73 Å². The number of carbonyl (C=O) groups is 1. The van der Waals surface area contributed by atoms with Gasteiger partial charge in [-0.2, -0.15) is 0 Å². The zero-order valence-electron chi connectivity index (χ0n) is 14.6. The zero-order valence-corrected chi connectivity index (χ0v) is 15.3. The van der Waals surface area contributed by atoms with Gasteiger partial charge in [0.25, 0.3) is 5.91 Å². The van der Waals surface area contributed by atoms with E-state index in [2.05, 4.69) is 16.8 Å². The van der Waals surface area contributed by atoms with Gasteiger partial charge >= 0.3 is 0 Å². The van der Waals surface area contributed by atoms with Gasteiger partial charge in [0.2, 0.25) is 0 Å². The monoisotopic (exact) mass is 367 g/mol. The maximum absolute atomic E-state index is 10.9. The van der Waals surface area contributed by atoms with Gasteiger partial charge in [-0.3, -0.25) is 9.69 Å².